The van der Waals surface area contributed by atoms with Crippen LogP contribution in [0.3, 0.4) is 0 Å². The van der Waals surface area contributed by atoms with Crippen LogP contribution in [0.1, 0.15) is 49.7 Å². The fraction of sp³-hybridized carbons (Fsp3) is 0.643. The minimum Gasteiger partial charge on any atom is -0.444 e. The van der Waals surface area contributed by atoms with Crippen LogP contribution >= 0.6 is 0 Å². The van der Waals surface area contributed by atoms with E-state index in [1.165, 1.54) is 6.92 Å². The van der Waals surface area contributed by atoms with Crippen molar-refractivity contribution in [2.24, 2.45) is 0 Å². The number of likely N-dealkylation sites (tertiary alicyclic amines) is 1. The number of hydrogen-bond acceptors (Lipinski definition) is 7. The predicted octanol–water partition coefficient (Wildman–Crippen LogP) is 1.05. The van der Waals surface area contributed by atoms with Crippen LogP contribution < -0.4 is 0 Å². The highest BCUT2D eigenvalue weighted by Gasteiger charge is 2.55. The summed E-state index contributed by atoms with van der Waals surface area (Å²) in [5.41, 5.74) is 0.0227. The molecule has 1 fully saturated rings. The highest BCUT2D eigenvalue weighted by Crippen LogP contribution is 2.41. The lowest BCUT2D eigenvalue weighted by molar-refractivity contribution is -0.139. The van der Waals surface area contributed by atoms with Crippen molar-refractivity contribution in [3.63, 3.8) is 0 Å². The van der Waals surface area contributed by atoms with Gasteiger partial charge < -0.3 is 14.4 Å². The number of carbonyl (C=O) groups excluding carboxylic acids is 2. The molecule has 1 aromatic heterocycles. The molecule has 118 valence electrons. The van der Waals surface area contributed by atoms with Crippen molar-refractivity contribution >= 4 is 11.9 Å². The van der Waals surface area contributed by atoms with Crippen LogP contribution in [0, 0.1) is 0 Å². The van der Waals surface area contributed by atoms with E-state index >= 15 is 0 Å². The Bertz CT molecular complexity index is 647. The second-order valence-corrected chi connectivity index (χ2v) is 6.61. The van der Waals surface area contributed by atoms with Crippen molar-refractivity contribution in [3.8, 4) is 0 Å². The maximum Gasteiger partial charge on any atom is 0.410 e. The molecule has 3 heterocycles. The molecule has 3 rings (SSSR count). The first kappa shape index (κ1) is 14.8. The molecule has 0 N–H and O–H groups in total. The first-order valence-corrected chi connectivity index (χ1v) is 7.07. The number of Topliss-reactive ketones (excluding diaryl/α,β-unsaturated/α-hetero) is 1. The van der Waals surface area contributed by atoms with Gasteiger partial charge in [-0.05, 0) is 20.8 Å². The Hall–Kier alpha value is -2.09. The van der Waals surface area contributed by atoms with E-state index in [0.29, 0.717) is 24.5 Å². The Labute approximate surface area is 127 Å². The summed E-state index contributed by atoms with van der Waals surface area (Å²) in [4.78, 5) is 29.0. The van der Waals surface area contributed by atoms with Gasteiger partial charge in [0.2, 0.25) is 5.82 Å². The summed E-state index contributed by atoms with van der Waals surface area (Å²) in [5, 5.41) is 7.92. The summed E-state index contributed by atoms with van der Waals surface area (Å²) in [5.74, 6) is -0.150. The molecule has 0 aliphatic carbocycles. The molecule has 2 aliphatic rings. The number of aromatic nitrogens is 3. The molecule has 0 bridgehead atoms. The van der Waals surface area contributed by atoms with Gasteiger partial charge in [0, 0.05) is 6.92 Å². The Kier molecular flexibility index (Phi) is 3.17. The van der Waals surface area contributed by atoms with Crippen LogP contribution in [0.4, 0.5) is 4.79 Å². The summed E-state index contributed by atoms with van der Waals surface area (Å²) in [6.07, 6.45) is -0.378. The molecular weight excluding hydrogens is 288 g/mol. The van der Waals surface area contributed by atoms with Crippen molar-refractivity contribution in [2.75, 3.05) is 13.1 Å². The Morgan fingerprint density at radius 1 is 1.27 bits per heavy atom. The lowest BCUT2D eigenvalue weighted by Crippen LogP contribution is -2.62. The van der Waals surface area contributed by atoms with Gasteiger partial charge in [0.1, 0.15) is 16.9 Å². The molecule has 1 saturated heterocycles. The maximum atomic E-state index is 12.0. The minimum absolute atomic E-state index is 0.0859. The van der Waals surface area contributed by atoms with Gasteiger partial charge in [-0.1, -0.05) is 0 Å². The molecule has 0 atom stereocenters. The quantitative estimate of drug-likeness (QED) is 0.716. The third-order valence-corrected chi connectivity index (χ3v) is 3.53. The topological polar surface area (TPSA) is 94.5 Å². The first-order chi connectivity index (χ1) is 10.2. The third-order valence-electron chi connectivity index (χ3n) is 3.53. The SMILES string of the molecule is CC(=O)c1nnc2c(n1)COC21CN(C(=O)OC(C)(C)C)C1. The normalized spacial score (nSPS) is 18.8. The van der Waals surface area contributed by atoms with Crippen molar-refractivity contribution in [1.82, 2.24) is 20.1 Å². The summed E-state index contributed by atoms with van der Waals surface area (Å²) in [6, 6.07) is 0. The second kappa shape index (κ2) is 4.70. The van der Waals surface area contributed by atoms with E-state index in [0.717, 1.165) is 0 Å². The lowest BCUT2D eigenvalue weighted by Gasteiger charge is -2.46. The number of carbonyl (C=O) groups is 2. The second-order valence-electron chi connectivity index (χ2n) is 6.61. The highest BCUT2D eigenvalue weighted by molar-refractivity contribution is 5.90. The Morgan fingerprint density at radius 3 is 2.55 bits per heavy atom. The number of hydrogen-bond donors (Lipinski definition) is 0. The molecule has 0 radical (unpaired) electrons. The molecule has 8 nitrogen and oxygen atoms in total. The number of amides is 1. The molecule has 22 heavy (non-hydrogen) atoms. The van der Waals surface area contributed by atoms with Gasteiger partial charge in [0.25, 0.3) is 0 Å². The maximum absolute atomic E-state index is 12.0. The average Bonchev–Trinajstić information content (AvgIpc) is 2.73. The summed E-state index contributed by atoms with van der Waals surface area (Å²) in [7, 11) is 0. The van der Waals surface area contributed by atoms with Gasteiger partial charge in [0.15, 0.2) is 5.78 Å². The lowest BCUT2D eigenvalue weighted by atomic mass is 9.91. The largest absolute Gasteiger partial charge is 0.444 e. The van der Waals surface area contributed by atoms with E-state index in [1.54, 1.807) is 4.90 Å². The van der Waals surface area contributed by atoms with Crippen LogP contribution in [0.2, 0.25) is 0 Å². The number of nitrogens with zero attached hydrogens (tertiary/aromatic N) is 4. The molecule has 8 heteroatoms. The fourth-order valence-corrected chi connectivity index (χ4v) is 2.50. The Morgan fingerprint density at radius 2 is 1.95 bits per heavy atom. The van der Waals surface area contributed by atoms with Crippen molar-refractivity contribution in [3.05, 3.63) is 17.2 Å². The number of rotatable bonds is 1. The van der Waals surface area contributed by atoms with E-state index in [1.807, 2.05) is 20.8 Å². The monoisotopic (exact) mass is 306 g/mol. The predicted molar refractivity (Wildman–Crippen MR) is 74.1 cm³/mol. The molecule has 1 spiro atoms. The van der Waals surface area contributed by atoms with E-state index in [2.05, 4.69) is 15.2 Å². The van der Waals surface area contributed by atoms with Crippen LogP contribution in [-0.4, -0.2) is 50.6 Å². The van der Waals surface area contributed by atoms with Crippen LogP contribution in [0.15, 0.2) is 0 Å². The summed E-state index contributed by atoms with van der Waals surface area (Å²) < 4.78 is 11.1. The number of fused-ring (bicyclic) bond motifs is 2. The third kappa shape index (κ3) is 2.43. The Balaban J connectivity index is 1.73. The molecule has 1 amide bonds. The zero-order valence-corrected chi connectivity index (χ0v) is 13.0. The van der Waals surface area contributed by atoms with Gasteiger partial charge in [-0.2, -0.15) is 0 Å². The van der Waals surface area contributed by atoms with Gasteiger partial charge in [-0.25, -0.2) is 9.78 Å². The zero-order valence-electron chi connectivity index (χ0n) is 13.0. The molecule has 0 unspecified atom stereocenters. The average molecular weight is 306 g/mol. The highest BCUT2D eigenvalue weighted by atomic mass is 16.6. The standard InChI is InChI=1S/C14H18N4O4/c1-8(19)11-15-9-5-21-14(10(9)16-17-11)6-18(7-14)12(20)22-13(2,3)4/h5-7H2,1-4H3. The van der Waals surface area contributed by atoms with Gasteiger partial charge in [-0.15, -0.1) is 10.2 Å². The smallest absolute Gasteiger partial charge is 0.410 e. The summed E-state index contributed by atoms with van der Waals surface area (Å²) >= 11 is 0. The molecular formula is C14H18N4O4. The van der Waals surface area contributed by atoms with Crippen molar-refractivity contribution in [1.29, 1.82) is 0 Å². The van der Waals surface area contributed by atoms with E-state index < -0.39 is 11.2 Å². The van der Waals surface area contributed by atoms with Gasteiger partial charge in [-0.3, -0.25) is 4.79 Å². The summed E-state index contributed by atoms with van der Waals surface area (Å²) in [6.45, 7) is 7.83. The van der Waals surface area contributed by atoms with Crippen LogP contribution in [0.25, 0.3) is 0 Å². The zero-order chi connectivity index (χ0) is 16.1. The number of ketones is 1. The molecule has 0 saturated carbocycles. The first-order valence-electron chi connectivity index (χ1n) is 7.07. The van der Waals surface area contributed by atoms with Gasteiger partial charge >= 0.3 is 6.09 Å². The molecule has 1 aromatic rings. The van der Waals surface area contributed by atoms with Crippen LogP contribution in [0.5, 0.6) is 0 Å². The minimum atomic E-state index is -0.665. The van der Waals surface area contributed by atoms with E-state index in [-0.39, 0.29) is 24.3 Å². The molecule has 0 aromatic carbocycles. The van der Waals surface area contributed by atoms with Crippen LogP contribution in [-0.2, 0) is 21.7 Å². The van der Waals surface area contributed by atoms with Crippen molar-refractivity contribution < 1.29 is 19.1 Å². The fourth-order valence-electron chi connectivity index (χ4n) is 2.50. The molecule has 2 aliphatic heterocycles. The van der Waals surface area contributed by atoms with E-state index in [9.17, 15) is 9.59 Å². The van der Waals surface area contributed by atoms with E-state index in [4.69, 9.17) is 9.47 Å². The van der Waals surface area contributed by atoms with Crippen molar-refractivity contribution in [2.45, 2.75) is 45.5 Å². The van der Waals surface area contributed by atoms with Gasteiger partial charge in [0.05, 0.1) is 25.4 Å². The number of ether oxygens (including phenoxy) is 2.